The lowest BCUT2D eigenvalue weighted by molar-refractivity contribution is -0.143. The molecular weight excluding hydrogens is 240 g/mol. The molecule has 0 aromatic heterocycles. The average molecular weight is 255 g/mol. The van der Waals surface area contributed by atoms with E-state index in [9.17, 15) is 4.79 Å². The van der Waals surface area contributed by atoms with Gasteiger partial charge in [0.25, 0.3) is 0 Å². The van der Waals surface area contributed by atoms with Crippen LogP contribution in [0.15, 0.2) is 24.3 Å². The second-order valence-electron chi connectivity index (χ2n) is 3.35. The van der Waals surface area contributed by atoms with Crippen LogP contribution in [0.1, 0.15) is 30.5 Å². The van der Waals surface area contributed by atoms with Crippen molar-refractivity contribution in [3.63, 3.8) is 0 Å². The molecule has 0 amide bonds. The van der Waals surface area contributed by atoms with Gasteiger partial charge in [-0.05, 0) is 24.6 Å². The molecule has 0 bridgehead atoms. The van der Waals surface area contributed by atoms with Gasteiger partial charge in [0.2, 0.25) is 0 Å². The fourth-order valence-electron chi connectivity index (χ4n) is 1.36. The van der Waals surface area contributed by atoms with Crippen molar-refractivity contribution in [3.05, 3.63) is 35.4 Å². The molecule has 1 atom stereocenters. The number of hydrogen-bond acceptors (Lipinski definition) is 4. The highest BCUT2D eigenvalue weighted by molar-refractivity contribution is 5.85. The molecule has 4 nitrogen and oxygen atoms in total. The molecule has 0 radical (unpaired) electrons. The number of hydrogen-bond donors (Lipinski definition) is 1. The van der Waals surface area contributed by atoms with Crippen LogP contribution in [0.5, 0.6) is 0 Å². The molecule has 1 aromatic carbocycles. The Morgan fingerprint density at radius 1 is 1.59 bits per heavy atom. The van der Waals surface area contributed by atoms with E-state index in [0.717, 1.165) is 5.56 Å². The number of rotatable bonds is 4. The Balaban J connectivity index is 0.00000256. The molecule has 0 heterocycles. The van der Waals surface area contributed by atoms with E-state index in [1.54, 1.807) is 31.2 Å². The van der Waals surface area contributed by atoms with Gasteiger partial charge < -0.3 is 10.5 Å². The van der Waals surface area contributed by atoms with Crippen LogP contribution in [0.3, 0.4) is 0 Å². The second-order valence-corrected chi connectivity index (χ2v) is 3.35. The molecule has 0 aliphatic heterocycles. The smallest absolute Gasteiger partial charge is 0.307 e. The van der Waals surface area contributed by atoms with Crippen molar-refractivity contribution in [2.45, 2.75) is 19.4 Å². The van der Waals surface area contributed by atoms with Gasteiger partial charge in [0.1, 0.15) is 0 Å². The summed E-state index contributed by atoms with van der Waals surface area (Å²) in [6.07, 6.45) is 0.128. The number of nitriles is 1. The largest absolute Gasteiger partial charge is 0.466 e. The first kappa shape index (κ1) is 15.4. The second kappa shape index (κ2) is 7.66. The van der Waals surface area contributed by atoms with E-state index in [-0.39, 0.29) is 24.8 Å². The Hall–Kier alpha value is -1.57. The van der Waals surface area contributed by atoms with E-state index in [0.29, 0.717) is 12.2 Å². The van der Waals surface area contributed by atoms with Crippen LogP contribution in [0.25, 0.3) is 0 Å². The predicted molar refractivity (Wildman–Crippen MR) is 66.6 cm³/mol. The summed E-state index contributed by atoms with van der Waals surface area (Å²) in [5.41, 5.74) is 7.15. The fourth-order valence-corrected chi connectivity index (χ4v) is 1.36. The summed E-state index contributed by atoms with van der Waals surface area (Å²) in [4.78, 5) is 11.2. The van der Waals surface area contributed by atoms with Crippen LogP contribution in [0, 0.1) is 11.3 Å². The van der Waals surface area contributed by atoms with Crippen LogP contribution in [-0.4, -0.2) is 12.6 Å². The molecule has 0 saturated heterocycles. The maximum atomic E-state index is 11.2. The van der Waals surface area contributed by atoms with Crippen LogP contribution in [0.4, 0.5) is 0 Å². The quantitative estimate of drug-likeness (QED) is 0.833. The summed E-state index contributed by atoms with van der Waals surface area (Å²) in [7, 11) is 0. The van der Waals surface area contributed by atoms with Gasteiger partial charge in [0, 0.05) is 6.04 Å². The van der Waals surface area contributed by atoms with Crippen molar-refractivity contribution >= 4 is 18.4 Å². The van der Waals surface area contributed by atoms with E-state index in [1.165, 1.54) is 0 Å². The molecule has 0 unspecified atom stereocenters. The molecule has 17 heavy (non-hydrogen) atoms. The van der Waals surface area contributed by atoms with Crippen LogP contribution in [-0.2, 0) is 9.53 Å². The number of carbonyl (C=O) groups excluding carboxylic acids is 1. The van der Waals surface area contributed by atoms with Gasteiger partial charge in [0.05, 0.1) is 24.7 Å². The zero-order valence-electron chi connectivity index (χ0n) is 9.55. The number of benzene rings is 1. The Labute approximate surface area is 107 Å². The third-order valence-electron chi connectivity index (χ3n) is 2.14. The van der Waals surface area contributed by atoms with Crippen molar-refractivity contribution < 1.29 is 9.53 Å². The minimum Gasteiger partial charge on any atom is -0.466 e. The van der Waals surface area contributed by atoms with Crippen LogP contribution < -0.4 is 5.73 Å². The van der Waals surface area contributed by atoms with Crippen molar-refractivity contribution in [1.82, 2.24) is 0 Å². The highest BCUT2D eigenvalue weighted by Gasteiger charge is 2.12. The summed E-state index contributed by atoms with van der Waals surface area (Å²) in [6.45, 7) is 2.10. The summed E-state index contributed by atoms with van der Waals surface area (Å²) >= 11 is 0. The Morgan fingerprint density at radius 2 is 2.29 bits per heavy atom. The third-order valence-corrected chi connectivity index (χ3v) is 2.14. The highest BCUT2D eigenvalue weighted by Crippen LogP contribution is 2.15. The molecule has 92 valence electrons. The molecule has 0 saturated carbocycles. The van der Waals surface area contributed by atoms with Crippen LogP contribution >= 0.6 is 12.4 Å². The van der Waals surface area contributed by atoms with E-state index in [1.807, 2.05) is 6.07 Å². The molecule has 0 aliphatic rings. The van der Waals surface area contributed by atoms with Gasteiger partial charge in [-0.1, -0.05) is 12.1 Å². The molecule has 2 N–H and O–H groups in total. The van der Waals surface area contributed by atoms with Crippen molar-refractivity contribution in [3.8, 4) is 6.07 Å². The Kier molecular flexibility index (Phi) is 6.95. The molecule has 0 fully saturated rings. The van der Waals surface area contributed by atoms with E-state index in [2.05, 4.69) is 0 Å². The van der Waals surface area contributed by atoms with E-state index < -0.39 is 6.04 Å². The number of nitrogens with two attached hydrogens (primary N) is 1. The SMILES string of the molecule is CCOC(=O)C[C@@H](N)c1cccc(C#N)c1.Cl. The monoisotopic (exact) mass is 254 g/mol. The zero-order valence-corrected chi connectivity index (χ0v) is 10.4. The van der Waals surface area contributed by atoms with E-state index >= 15 is 0 Å². The minimum absolute atomic E-state index is 0. The van der Waals surface area contributed by atoms with E-state index in [4.69, 9.17) is 15.7 Å². The first-order chi connectivity index (χ1) is 7.67. The molecule has 0 spiro atoms. The fraction of sp³-hybridized carbons (Fsp3) is 0.333. The predicted octanol–water partition coefficient (Wildman–Crippen LogP) is 1.93. The lowest BCUT2D eigenvalue weighted by atomic mass is 10.0. The average Bonchev–Trinajstić information content (AvgIpc) is 2.29. The number of carbonyl (C=O) groups is 1. The van der Waals surface area contributed by atoms with Gasteiger partial charge in [-0.15, -0.1) is 12.4 Å². The molecule has 1 rings (SSSR count). The van der Waals surface area contributed by atoms with Crippen LogP contribution in [0.2, 0.25) is 0 Å². The standard InChI is InChI=1S/C12H14N2O2.ClH/c1-2-16-12(15)7-11(14)10-5-3-4-9(6-10)8-13;/h3-6,11H,2,7,14H2,1H3;1H/t11-;/m1./s1. The summed E-state index contributed by atoms with van der Waals surface area (Å²) in [5.74, 6) is -0.322. The normalized spacial score (nSPS) is 10.9. The summed E-state index contributed by atoms with van der Waals surface area (Å²) in [6, 6.07) is 8.53. The van der Waals surface area contributed by atoms with Gasteiger partial charge in [-0.2, -0.15) is 5.26 Å². The summed E-state index contributed by atoms with van der Waals surface area (Å²) in [5, 5.41) is 8.73. The number of ether oxygens (including phenoxy) is 1. The first-order valence-electron chi connectivity index (χ1n) is 5.08. The minimum atomic E-state index is -0.424. The molecular formula is C12H15ClN2O2. The maximum absolute atomic E-state index is 11.2. The molecule has 5 heteroatoms. The van der Waals surface area contributed by atoms with Gasteiger partial charge in [0.15, 0.2) is 0 Å². The van der Waals surface area contributed by atoms with Crippen molar-refractivity contribution in [2.75, 3.05) is 6.61 Å². The lowest BCUT2D eigenvalue weighted by Crippen LogP contribution is -2.17. The highest BCUT2D eigenvalue weighted by atomic mass is 35.5. The summed E-state index contributed by atoms with van der Waals surface area (Å²) < 4.78 is 4.81. The Morgan fingerprint density at radius 3 is 2.88 bits per heavy atom. The van der Waals surface area contributed by atoms with Gasteiger partial charge in [-0.25, -0.2) is 0 Å². The van der Waals surface area contributed by atoms with Gasteiger partial charge in [-0.3, -0.25) is 4.79 Å². The topological polar surface area (TPSA) is 76.1 Å². The molecule has 0 aliphatic carbocycles. The van der Waals surface area contributed by atoms with Crippen molar-refractivity contribution in [1.29, 1.82) is 5.26 Å². The van der Waals surface area contributed by atoms with Crippen molar-refractivity contribution in [2.24, 2.45) is 5.73 Å². The Bertz CT molecular complexity index is 415. The third kappa shape index (κ3) is 4.85. The number of esters is 1. The maximum Gasteiger partial charge on any atom is 0.307 e. The number of halogens is 1. The van der Waals surface area contributed by atoms with Gasteiger partial charge >= 0.3 is 5.97 Å². The molecule has 1 aromatic rings. The zero-order chi connectivity index (χ0) is 12.0. The first-order valence-corrected chi connectivity index (χ1v) is 5.08. The lowest BCUT2D eigenvalue weighted by Gasteiger charge is -2.11. The number of nitrogens with zero attached hydrogens (tertiary/aromatic N) is 1.